The van der Waals surface area contributed by atoms with E-state index in [4.69, 9.17) is 23.2 Å². The predicted octanol–water partition coefficient (Wildman–Crippen LogP) is 4.20. The molecular formula is C16H21Cl2N5. The van der Waals surface area contributed by atoms with E-state index in [0.29, 0.717) is 21.8 Å². The maximum atomic E-state index is 6.03. The first kappa shape index (κ1) is 17.8. The summed E-state index contributed by atoms with van der Waals surface area (Å²) in [5, 5.41) is 7.50. The van der Waals surface area contributed by atoms with E-state index in [1.54, 1.807) is 12.1 Å². The summed E-state index contributed by atoms with van der Waals surface area (Å²) in [6.45, 7) is 3.79. The summed E-state index contributed by atoms with van der Waals surface area (Å²) >= 11 is 12.0. The zero-order valence-corrected chi connectivity index (χ0v) is 15.0. The highest BCUT2D eigenvalue weighted by molar-refractivity contribution is 6.42. The monoisotopic (exact) mass is 353 g/mol. The largest absolute Gasteiger partial charge is 0.354 e. The number of hydrogen-bond donors (Lipinski definition) is 2. The smallest absolute Gasteiger partial charge is 0.224 e. The second kappa shape index (κ2) is 8.34. The molecule has 0 saturated heterocycles. The lowest BCUT2D eigenvalue weighted by molar-refractivity contribution is 0.405. The molecule has 23 heavy (non-hydrogen) atoms. The van der Waals surface area contributed by atoms with E-state index in [-0.39, 0.29) is 0 Å². The zero-order chi connectivity index (χ0) is 16.8. The molecule has 5 nitrogen and oxygen atoms in total. The normalized spacial score (nSPS) is 10.9. The van der Waals surface area contributed by atoms with Crippen LogP contribution in [0.1, 0.15) is 12.1 Å². The maximum Gasteiger partial charge on any atom is 0.224 e. The SMILES string of the molecule is Cc1cc(Nc2ccc(Cl)c(Cl)c2)nc(NCCCN(C)C)n1. The van der Waals surface area contributed by atoms with E-state index in [9.17, 15) is 0 Å². The lowest BCUT2D eigenvalue weighted by Crippen LogP contribution is -2.17. The minimum absolute atomic E-state index is 0.504. The van der Waals surface area contributed by atoms with Gasteiger partial charge in [-0.1, -0.05) is 23.2 Å². The average molecular weight is 354 g/mol. The Kier molecular flexibility index (Phi) is 6.45. The van der Waals surface area contributed by atoms with Crippen molar-refractivity contribution in [2.24, 2.45) is 0 Å². The van der Waals surface area contributed by atoms with Crippen molar-refractivity contribution >= 4 is 40.7 Å². The molecule has 0 fully saturated rings. The summed E-state index contributed by atoms with van der Waals surface area (Å²) in [5.74, 6) is 1.33. The fraction of sp³-hybridized carbons (Fsp3) is 0.375. The molecule has 0 aliphatic carbocycles. The quantitative estimate of drug-likeness (QED) is 0.730. The van der Waals surface area contributed by atoms with Gasteiger partial charge in [-0.2, -0.15) is 4.98 Å². The van der Waals surface area contributed by atoms with Crippen LogP contribution in [0.3, 0.4) is 0 Å². The topological polar surface area (TPSA) is 53.1 Å². The van der Waals surface area contributed by atoms with Crippen LogP contribution in [-0.4, -0.2) is 42.1 Å². The van der Waals surface area contributed by atoms with Crippen molar-refractivity contribution in [1.82, 2.24) is 14.9 Å². The molecule has 2 aromatic rings. The van der Waals surface area contributed by atoms with Gasteiger partial charge in [0.05, 0.1) is 10.0 Å². The lowest BCUT2D eigenvalue weighted by atomic mass is 10.3. The van der Waals surface area contributed by atoms with Crippen molar-refractivity contribution < 1.29 is 0 Å². The number of hydrogen-bond acceptors (Lipinski definition) is 5. The molecule has 0 amide bonds. The number of aromatic nitrogens is 2. The lowest BCUT2D eigenvalue weighted by Gasteiger charge is -2.12. The van der Waals surface area contributed by atoms with Crippen molar-refractivity contribution in [3.8, 4) is 0 Å². The maximum absolute atomic E-state index is 6.03. The highest BCUT2D eigenvalue weighted by Crippen LogP contribution is 2.26. The van der Waals surface area contributed by atoms with Gasteiger partial charge < -0.3 is 15.5 Å². The second-order valence-electron chi connectivity index (χ2n) is 5.56. The molecule has 0 unspecified atom stereocenters. The van der Waals surface area contributed by atoms with Crippen molar-refractivity contribution in [3.05, 3.63) is 40.0 Å². The highest BCUT2D eigenvalue weighted by atomic mass is 35.5. The van der Waals surface area contributed by atoms with Crippen LogP contribution < -0.4 is 10.6 Å². The molecule has 7 heteroatoms. The minimum atomic E-state index is 0.504. The van der Waals surface area contributed by atoms with Crippen molar-refractivity contribution in [1.29, 1.82) is 0 Å². The van der Waals surface area contributed by atoms with Gasteiger partial charge in [-0.15, -0.1) is 0 Å². The first-order valence-electron chi connectivity index (χ1n) is 7.40. The third-order valence-corrected chi connectivity index (χ3v) is 3.85. The molecule has 2 rings (SSSR count). The van der Waals surface area contributed by atoms with Gasteiger partial charge in [-0.3, -0.25) is 0 Å². The Morgan fingerprint density at radius 1 is 1.09 bits per heavy atom. The third kappa shape index (κ3) is 5.86. The van der Waals surface area contributed by atoms with E-state index >= 15 is 0 Å². The van der Waals surface area contributed by atoms with Crippen molar-refractivity contribution in [3.63, 3.8) is 0 Å². The molecule has 0 spiro atoms. The summed E-state index contributed by atoms with van der Waals surface area (Å²) in [6, 6.07) is 7.26. The molecule has 1 aromatic carbocycles. The van der Waals surface area contributed by atoms with Crippen LogP contribution in [-0.2, 0) is 0 Å². The Balaban J connectivity index is 2.03. The van der Waals surface area contributed by atoms with E-state index in [0.717, 1.165) is 30.9 Å². The Morgan fingerprint density at radius 3 is 2.57 bits per heavy atom. The van der Waals surface area contributed by atoms with Crippen LogP contribution >= 0.6 is 23.2 Å². The number of nitrogens with zero attached hydrogens (tertiary/aromatic N) is 3. The summed E-state index contributed by atoms with van der Waals surface area (Å²) in [4.78, 5) is 11.0. The van der Waals surface area contributed by atoms with Crippen LogP contribution in [0.15, 0.2) is 24.3 Å². The van der Waals surface area contributed by atoms with E-state index in [1.165, 1.54) is 0 Å². The number of benzene rings is 1. The van der Waals surface area contributed by atoms with E-state index in [1.807, 2.05) is 19.1 Å². The van der Waals surface area contributed by atoms with Gasteiger partial charge in [0.25, 0.3) is 0 Å². The number of nitrogens with one attached hydrogen (secondary N) is 2. The summed E-state index contributed by atoms with van der Waals surface area (Å²) in [6.07, 6.45) is 1.03. The van der Waals surface area contributed by atoms with Crippen molar-refractivity contribution in [2.45, 2.75) is 13.3 Å². The Bertz CT molecular complexity index is 661. The number of anilines is 3. The number of rotatable bonds is 7. The standard InChI is InChI=1S/C16H21Cl2N5/c1-11-9-15(21-12-5-6-13(17)14(18)10-12)22-16(20-11)19-7-4-8-23(2)3/h5-6,9-10H,4,7-8H2,1-3H3,(H2,19,20,21,22). The molecule has 1 aromatic heterocycles. The van der Waals surface area contributed by atoms with Crippen LogP contribution in [0.25, 0.3) is 0 Å². The third-order valence-electron chi connectivity index (χ3n) is 3.11. The molecule has 2 N–H and O–H groups in total. The molecule has 0 aliphatic heterocycles. The van der Waals surface area contributed by atoms with Gasteiger partial charge in [0.2, 0.25) is 5.95 Å². The molecular weight excluding hydrogens is 333 g/mol. The van der Waals surface area contributed by atoms with Gasteiger partial charge in [-0.25, -0.2) is 4.98 Å². The van der Waals surface area contributed by atoms with Gasteiger partial charge >= 0.3 is 0 Å². The van der Waals surface area contributed by atoms with E-state index < -0.39 is 0 Å². The molecule has 0 atom stereocenters. The number of aryl methyl sites for hydroxylation is 1. The van der Waals surface area contributed by atoms with E-state index in [2.05, 4.69) is 39.6 Å². The highest BCUT2D eigenvalue weighted by Gasteiger charge is 2.04. The van der Waals surface area contributed by atoms with Gasteiger partial charge in [-0.05, 0) is 52.2 Å². The van der Waals surface area contributed by atoms with Gasteiger partial charge in [0.15, 0.2) is 0 Å². The molecule has 0 saturated carbocycles. The second-order valence-corrected chi connectivity index (χ2v) is 6.37. The summed E-state index contributed by atoms with van der Waals surface area (Å²) < 4.78 is 0. The molecule has 1 heterocycles. The zero-order valence-electron chi connectivity index (χ0n) is 13.5. The van der Waals surface area contributed by atoms with Crippen LogP contribution in [0.5, 0.6) is 0 Å². The van der Waals surface area contributed by atoms with Crippen LogP contribution in [0.2, 0.25) is 10.0 Å². The summed E-state index contributed by atoms with van der Waals surface area (Å²) in [7, 11) is 4.12. The van der Waals surface area contributed by atoms with Crippen molar-refractivity contribution in [2.75, 3.05) is 37.8 Å². The Morgan fingerprint density at radius 2 is 1.87 bits per heavy atom. The molecule has 0 aliphatic rings. The van der Waals surface area contributed by atoms with Gasteiger partial charge in [0.1, 0.15) is 5.82 Å². The van der Waals surface area contributed by atoms with Gasteiger partial charge in [0, 0.05) is 24.0 Å². The molecule has 0 radical (unpaired) electrons. The first-order chi connectivity index (χ1) is 10.9. The molecule has 0 bridgehead atoms. The minimum Gasteiger partial charge on any atom is -0.354 e. The number of halogens is 2. The van der Waals surface area contributed by atoms with Crippen LogP contribution in [0, 0.1) is 6.92 Å². The fourth-order valence-electron chi connectivity index (χ4n) is 2.03. The predicted molar refractivity (Wildman–Crippen MR) is 98.2 cm³/mol. The molecule has 124 valence electrons. The first-order valence-corrected chi connectivity index (χ1v) is 8.16. The van der Waals surface area contributed by atoms with Crippen LogP contribution in [0.4, 0.5) is 17.5 Å². The Hall–Kier alpha value is -1.56. The Labute approximate surface area is 147 Å². The average Bonchev–Trinajstić information content (AvgIpc) is 2.47. The fourth-order valence-corrected chi connectivity index (χ4v) is 2.33. The summed E-state index contributed by atoms with van der Waals surface area (Å²) in [5.41, 5.74) is 1.72.